The molecule has 0 amide bonds. The molecule has 0 radical (unpaired) electrons. The Bertz CT molecular complexity index is 692. The van der Waals surface area contributed by atoms with Crippen LogP contribution in [0.1, 0.15) is 23.7 Å². The lowest BCUT2D eigenvalue weighted by atomic mass is 9.90. The van der Waals surface area contributed by atoms with Gasteiger partial charge < -0.3 is 10.5 Å². The van der Waals surface area contributed by atoms with Crippen LogP contribution in [0.15, 0.2) is 23.1 Å². The largest absolute Gasteiger partial charge is 0.465 e. The summed E-state index contributed by atoms with van der Waals surface area (Å²) >= 11 is 6.00. The van der Waals surface area contributed by atoms with Crippen molar-refractivity contribution in [2.45, 2.75) is 18.2 Å². The number of nitrogens with zero attached hydrogens (tertiary/aromatic N) is 1. The molecule has 1 aliphatic heterocycles. The Morgan fingerprint density at radius 3 is 2.68 bits per heavy atom. The van der Waals surface area contributed by atoms with Gasteiger partial charge in [-0.05, 0) is 36.6 Å². The van der Waals surface area contributed by atoms with Crippen LogP contribution in [0.5, 0.6) is 0 Å². The number of carbonyl (C=O) groups excluding carboxylic acids is 1. The SMILES string of the molecule is COC(=O)c1ccc(S(=O)(=O)N2CCC(C)(CN)C2)cc1Cl. The summed E-state index contributed by atoms with van der Waals surface area (Å²) in [5.41, 5.74) is 5.64. The molecule has 2 rings (SSSR count). The van der Waals surface area contributed by atoms with Crippen LogP contribution >= 0.6 is 11.6 Å². The van der Waals surface area contributed by atoms with Crippen molar-refractivity contribution in [1.82, 2.24) is 4.31 Å². The molecule has 1 saturated heterocycles. The van der Waals surface area contributed by atoms with E-state index >= 15 is 0 Å². The van der Waals surface area contributed by atoms with E-state index in [1.54, 1.807) is 0 Å². The molecular formula is C14H19ClN2O4S. The summed E-state index contributed by atoms with van der Waals surface area (Å²) in [7, 11) is -2.41. The fraction of sp³-hybridized carbons (Fsp3) is 0.500. The van der Waals surface area contributed by atoms with E-state index in [0.717, 1.165) is 6.42 Å². The summed E-state index contributed by atoms with van der Waals surface area (Å²) in [5, 5.41) is 0.0497. The first-order valence-electron chi connectivity index (χ1n) is 6.81. The van der Waals surface area contributed by atoms with Gasteiger partial charge in [0.25, 0.3) is 0 Å². The van der Waals surface area contributed by atoms with Crippen LogP contribution in [0.2, 0.25) is 5.02 Å². The van der Waals surface area contributed by atoms with Gasteiger partial charge in [0, 0.05) is 13.1 Å². The maximum atomic E-state index is 12.7. The number of nitrogens with two attached hydrogens (primary N) is 1. The number of carbonyl (C=O) groups is 1. The number of hydrogen-bond donors (Lipinski definition) is 1. The lowest BCUT2D eigenvalue weighted by molar-refractivity contribution is 0.0601. The molecule has 0 aromatic heterocycles. The molecule has 1 aromatic rings. The minimum Gasteiger partial charge on any atom is -0.465 e. The third-order valence-electron chi connectivity index (χ3n) is 4.00. The second kappa shape index (κ2) is 6.16. The van der Waals surface area contributed by atoms with E-state index in [1.165, 1.54) is 29.6 Å². The van der Waals surface area contributed by atoms with Crippen molar-refractivity contribution in [3.63, 3.8) is 0 Å². The quantitative estimate of drug-likeness (QED) is 0.834. The number of methoxy groups -OCH3 is 1. The molecular weight excluding hydrogens is 328 g/mol. The maximum absolute atomic E-state index is 12.7. The molecule has 22 heavy (non-hydrogen) atoms. The van der Waals surface area contributed by atoms with Crippen LogP contribution in [0.4, 0.5) is 0 Å². The van der Waals surface area contributed by atoms with Crippen LogP contribution in [-0.2, 0) is 14.8 Å². The Morgan fingerprint density at radius 2 is 2.18 bits per heavy atom. The molecule has 1 heterocycles. The molecule has 2 N–H and O–H groups in total. The average Bonchev–Trinajstić information content (AvgIpc) is 2.90. The second-order valence-electron chi connectivity index (χ2n) is 5.74. The van der Waals surface area contributed by atoms with Crippen molar-refractivity contribution in [3.05, 3.63) is 28.8 Å². The van der Waals surface area contributed by atoms with Gasteiger partial charge in [0.1, 0.15) is 0 Å². The lowest BCUT2D eigenvalue weighted by Gasteiger charge is -2.22. The van der Waals surface area contributed by atoms with E-state index in [0.29, 0.717) is 19.6 Å². The Balaban J connectivity index is 2.31. The van der Waals surface area contributed by atoms with E-state index in [2.05, 4.69) is 4.74 Å². The van der Waals surface area contributed by atoms with Gasteiger partial charge in [-0.1, -0.05) is 18.5 Å². The standard InChI is InChI=1S/C14H19ClN2O4S/c1-14(8-16)5-6-17(9-14)22(19,20)10-3-4-11(12(15)7-10)13(18)21-2/h3-4,7H,5-6,8-9,16H2,1-2H3. The van der Waals surface area contributed by atoms with Crippen molar-refractivity contribution >= 4 is 27.6 Å². The van der Waals surface area contributed by atoms with E-state index < -0.39 is 16.0 Å². The summed E-state index contributed by atoms with van der Waals surface area (Å²) in [4.78, 5) is 11.6. The van der Waals surface area contributed by atoms with Gasteiger partial charge in [-0.3, -0.25) is 0 Å². The van der Waals surface area contributed by atoms with Crippen LogP contribution in [0.3, 0.4) is 0 Å². The smallest absolute Gasteiger partial charge is 0.339 e. The summed E-state index contributed by atoms with van der Waals surface area (Å²) in [6, 6.07) is 4.01. The first-order chi connectivity index (χ1) is 10.2. The maximum Gasteiger partial charge on any atom is 0.339 e. The van der Waals surface area contributed by atoms with Gasteiger partial charge in [-0.25, -0.2) is 13.2 Å². The van der Waals surface area contributed by atoms with E-state index in [4.69, 9.17) is 17.3 Å². The first-order valence-corrected chi connectivity index (χ1v) is 8.63. The van der Waals surface area contributed by atoms with Crippen LogP contribution in [0.25, 0.3) is 0 Å². The van der Waals surface area contributed by atoms with Crippen LogP contribution < -0.4 is 5.73 Å². The van der Waals surface area contributed by atoms with E-state index in [9.17, 15) is 13.2 Å². The molecule has 122 valence electrons. The van der Waals surface area contributed by atoms with Crippen molar-refractivity contribution in [1.29, 1.82) is 0 Å². The number of sulfonamides is 1. The van der Waals surface area contributed by atoms with Crippen molar-refractivity contribution in [2.75, 3.05) is 26.7 Å². The number of halogens is 1. The number of benzene rings is 1. The van der Waals surface area contributed by atoms with Crippen LogP contribution in [-0.4, -0.2) is 45.4 Å². The summed E-state index contributed by atoms with van der Waals surface area (Å²) in [6.07, 6.45) is 0.719. The molecule has 1 aliphatic rings. The summed E-state index contributed by atoms with van der Waals surface area (Å²) in [5.74, 6) is -0.606. The molecule has 0 aliphatic carbocycles. The monoisotopic (exact) mass is 346 g/mol. The highest BCUT2D eigenvalue weighted by Crippen LogP contribution is 2.33. The molecule has 6 nitrogen and oxygen atoms in total. The number of hydrogen-bond acceptors (Lipinski definition) is 5. The zero-order valence-corrected chi connectivity index (χ0v) is 14.1. The normalized spacial score (nSPS) is 22.7. The Morgan fingerprint density at radius 1 is 1.50 bits per heavy atom. The molecule has 1 unspecified atom stereocenters. The molecule has 0 saturated carbocycles. The summed E-state index contributed by atoms with van der Waals surface area (Å²) in [6.45, 7) is 3.20. The van der Waals surface area contributed by atoms with Gasteiger partial charge >= 0.3 is 5.97 Å². The highest BCUT2D eigenvalue weighted by Gasteiger charge is 2.39. The zero-order valence-electron chi connectivity index (χ0n) is 12.5. The Kier molecular flexibility index (Phi) is 4.81. The Labute approximate surface area is 135 Å². The number of rotatable bonds is 4. The fourth-order valence-corrected chi connectivity index (χ4v) is 4.37. The molecule has 1 fully saturated rings. The minimum atomic E-state index is -3.65. The molecule has 8 heteroatoms. The zero-order chi connectivity index (χ0) is 16.5. The predicted octanol–water partition coefficient (Wildman–Crippen LogP) is 1.49. The van der Waals surface area contributed by atoms with Gasteiger partial charge in [0.2, 0.25) is 10.0 Å². The fourth-order valence-electron chi connectivity index (χ4n) is 2.43. The topological polar surface area (TPSA) is 89.7 Å². The van der Waals surface area contributed by atoms with Gasteiger partial charge in [0.15, 0.2) is 0 Å². The lowest BCUT2D eigenvalue weighted by Crippen LogP contribution is -2.34. The Hall–Kier alpha value is -1.15. The van der Waals surface area contributed by atoms with E-state index in [1.807, 2.05) is 6.92 Å². The third kappa shape index (κ3) is 3.12. The van der Waals surface area contributed by atoms with Crippen LogP contribution in [0, 0.1) is 5.41 Å². The minimum absolute atomic E-state index is 0.0497. The predicted molar refractivity (Wildman–Crippen MR) is 83.3 cm³/mol. The van der Waals surface area contributed by atoms with Gasteiger partial charge in [-0.2, -0.15) is 4.31 Å². The van der Waals surface area contributed by atoms with E-state index in [-0.39, 0.29) is 20.9 Å². The second-order valence-corrected chi connectivity index (χ2v) is 8.08. The van der Waals surface area contributed by atoms with Crippen molar-refractivity contribution < 1.29 is 17.9 Å². The number of ether oxygens (including phenoxy) is 1. The first kappa shape index (κ1) is 17.2. The average molecular weight is 347 g/mol. The third-order valence-corrected chi connectivity index (χ3v) is 6.15. The van der Waals surface area contributed by atoms with Crippen molar-refractivity contribution in [2.24, 2.45) is 11.1 Å². The van der Waals surface area contributed by atoms with Gasteiger partial charge in [0.05, 0.1) is 22.6 Å². The molecule has 0 bridgehead atoms. The number of esters is 1. The molecule has 0 spiro atoms. The highest BCUT2D eigenvalue weighted by molar-refractivity contribution is 7.89. The summed E-state index contributed by atoms with van der Waals surface area (Å²) < 4.78 is 31.3. The molecule has 1 atom stereocenters. The highest BCUT2D eigenvalue weighted by atomic mass is 35.5. The van der Waals surface area contributed by atoms with Gasteiger partial charge in [-0.15, -0.1) is 0 Å². The van der Waals surface area contributed by atoms with Crippen molar-refractivity contribution in [3.8, 4) is 0 Å². The molecule has 1 aromatic carbocycles.